The third kappa shape index (κ3) is 4.50. The number of amides is 1. The molecule has 28 heavy (non-hydrogen) atoms. The van der Waals surface area contributed by atoms with Crippen LogP contribution in [0.3, 0.4) is 0 Å². The summed E-state index contributed by atoms with van der Waals surface area (Å²) < 4.78 is 33.2. The smallest absolute Gasteiger partial charge is 0.237 e. The first-order chi connectivity index (χ1) is 13.5. The van der Waals surface area contributed by atoms with E-state index in [1.165, 1.54) is 18.2 Å². The van der Waals surface area contributed by atoms with Crippen molar-refractivity contribution < 1.29 is 18.3 Å². The van der Waals surface area contributed by atoms with Crippen molar-refractivity contribution in [2.75, 3.05) is 26.7 Å². The Bertz CT molecular complexity index is 808. The zero-order valence-corrected chi connectivity index (χ0v) is 16.3. The van der Waals surface area contributed by atoms with Crippen LogP contribution in [0.25, 0.3) is 0 Å². The molecule has 4 nitrogen and oxygen atoms in total. The molecule has 1 amide bonds. The van der Waals surface area contributed by atoms with Crippen molar-refractivity contribution >= 4 is 5.91 Å². The molecule has 1 unspecified atom stereocenters. The predicted molar refractivity (Wildman–Crippen MR) is 104 cm³/mol. The van der Waals surface area contributed by atoms with Gasteiger partial charge < -0.3 is 9.64 Å². The van der Waals surface area contributed by atoms with Crippen LogP contribution < -0.4 is 4.74 Å². The number of likely N-dealkylation sites (tertiary alicyclic amines) is 1. The van der Waals surface area contributed by atoms with Crippen molar-refractivity contribution in [2.24, 2.45) is 0 Å². The lowest BCUT2D eigenvalue weighted by Gasteiger charge is -2.29. The average molecular weight is 388 g/mol. The van der Waals surface area contributed by atoms with Gasteiger partial charge in [0.15, 0.2) is 0 Å². The summed E-state index contributed by atoms with van der Waals surface area (Å²) in [5.74, 6) is -0.423. The van der Waals surface area contributed by atoms with Gasteiger partial charge in [-0.05, 0) is 49.2 Å². The monoisotopic (exact) mass is 388 g/mol. The number of nitrogens with zero attached hydrogens (tertiary/aromatic N) is 2. The van der Waals surface area contributed by atoms with Gasteiger partial charge in [-0.1, -0.05) is 25.1 Å². The Labute approximate surface area is 164 Å². The van der Waals surface area contributed by atoms with E-state index in [1.807, 2.05) is 36.1 Å². The van der Waals surface area contributed by atoms with Gasteiger partial charge in [0.05, 0.1) is 19.7 Å². The van der Waals surface area contributed by atoms with Crippen LogP contribution in [0, 0.1) is 11.6 Å². The second-order valence-corrected chi connectivity index (χ2v) is 7.03. The van der Waals surface area contributed by atoms with Crippen LogP contribution in [-0.2, 0) is 11.3 Å². The van der Waals surface area contributed by atoms with Crippen molar-refractivity contribution in [3.8, 4) is 5.75 Å². The topological polar surface area (TPSA) is 32.8 Å². The molecule has 0 saturated carbocycles. The molecule has 3 rings (SSSR count). The molecule has 6 heteroatoms. The molecular weight excluding hydrogens is 362 g/mol. The lowest BCUT2D eigenvalue weighted by Crippen LogP contribution is -2.40. The fourth-order valence-corrected chi connectivity index (χ4v) is 3.73. The van der Waals surface area contributed by atoms with E-state index < -0.39 is 11.6 Å². The molecule has 1 atom stereocenters. The number of halogens is 2. The summed E-state index contributed by atoms with van der Waals surface area (Å²) in [5.41, 5.74) is 1.05. The Morgan fingerprint density at radius 3 is 2.61 bits per heavy atom. The lowest BCUT2D eigenvalue weighted by atomic mass is 10.0. The fourth-order valence-electron chi connectivity index (χ4n) is 3.73. The Morgan fingerprint density at radius 1 is 1.21 bits per heavy atom. The van der Waals surface area contributed by atoms with Crippen molar-refractivity contribution in [3.63, 3.8) is 0 Å². The Balaban J connectivity index is 1.71. The first kappa shape index (κ1) is 20.3. The highest BCUT2D eigenvalue weighted by molar-refractivity contribution is 5.79. The molecule has 1 aliphatic rings. The van der Waals surface area contributed by atoms with Gasteiger partial charge in [0.1, 0.15) is 17.4 Å². The molecule has 0 radical (unpaired) electrons. The summed E-state index contributed by atoms with van der Waals surface area (Å²) in [5, 5.41) is 0. The van der Waals surface area contributed by atoms with Gasteiger partial charge in [-0.25, -0.2) is 8.78 Å². The van der Waals surface area contributed by atoms with Crippen LogP contribution in [0.2, 0.25) is 0 Å². The van der Waals surface area contributed by atoms with Crippen molar-refractivity contribution in [1.29, 1.82) is 0 Å². The molecule has 1 fully saturated rings. The molecule has 0 N–H and O–H groups in total. The van der Waals surface area contributed by atoms with E-state index in [9.17, 15) is 13.6 Å². The highest BCUT2D eigenvalue weighted by Gasteiger charge is 2.31. The number of carbonyl (C=O) groups is 1. The van der Waals surface area contributed by atoms with Crippen molar-refractivity contribution in [2.45, 2.75) is 32.4 Å². The fraction of sp³-hybridized carbons (Fsp3) is 0.409. The van der Waals surface area contributed by atoms with Gasteiger partial charge in [-0.3, -0.25) is 9.69 Å². The first-order valence-electron chi connectivity index (χ1n) is 9.62. The van der Waals surface area contributed by atoms with Gasteiger partial charge in [0.2, 0.25) is 5.91 Å². The Hall–Kier alpha value is -2.47. The van der Waals surface area contributed by atoms with E-state index in [4.69, 9.17) is 4.74 Å². The van der Waals surface area contributed by atoms with Crippen LogP contribution in [0.1, 0.15) is 36.9 Å². The Kier molecular flexibility index (Phi) is 6.62. The summed E-state index contributed by atoms with van der Waals surface area (Å²) in [4.78, 5) is 16.6. The summed E-state index contributed by atoms with van der Waals surface area (Å²) >= 11 is 0. The average Bonchev–Trinajstić information content (AvgIpc) is 3.20. The van der Waals surface area contributed by atoms with E-state index in [-0.39, 0.29) is 30.6 Å². The molecule has 1 saturated heterocycles. The summed E-state index contributed by atoms with van der Waals surface area (Å²) in [6.07, 6.45) is 1.83. The van der Waals surface area contributed by atoms with Crippen LogP contribution in [0.15, 0.2) is 42.5 Å². The number of methoxy groups -OCH3 is 1. The molecule has 2 aromatic rings. The molecule has 1 aliphatic heterocycles. The van der Waals surface area contributed by atoms with Crippen LogP contribution in [0.4, 0.5) is 8.78 Å². The minimum absolute atomic E-state index is 0.00270. The van der Waals surface area contributed by atoms with E-state index in [0.29, 0.717) is 13.1 Å². The normalized spacial score (nSPS) is 16.6. The molecule has 2 aromatic carbocycles. The van der Waals surface area contributed by atoms with Gasteiger partial charge in [-0.2, -0.15) is 0 Å². The maximum Gasteiger partial charge on any atom is 0.237 e. The Morgan fingerprint density at radius 2 is 1.93 bits per heavy atom. The second-order valence-electron chi connectivity index (χ2n) is 7.03. The number of likely N-dealkylation sites (N-methyl/N-ethyl adjacent to an activating group) is 1. The highest BCUT2D eigenvalue weighted by Crippen LogP contribution is 2.33. The minimum Gasteiger partial charge on any atom is -0.497 e. The van der Waals surface area contributed by atoms with Crippen LogP contribution in [-0.4, -0.2) is 42.5 Å². The zero-order chi connectivity index (χ0) is 20.1. The summed E-state index contributed by atoms with van der Waals surface area (Å²) in [6, 6.07) is 11.6. The SMILES string of the molecule is CCN(CC(=O)N1CCCC1c1cccc(OC)c1)Cc1c(F)cccc1F. The van der Waals surface area contributed by atoms with Gasteiger partial charge in [0, 0.05) is 18.7 Å². The van der Waals surface area contributed by atoms with Crippen molar-refractivity contribution in [3.05, 3.63) is 65.2 Å². The van der Waals surface area contributed by atoms with Gasteiger partial charge in [-0.15, -0.1) is 0 Å². The lowest BCUT2D eigenvalue weighted by molar-refractivity contribution is -0.133. The van der Waals surface area contributed by atoms with Crippen LogP contribution >= 0.6 is 0 Å². The van der Waals surface area contributed by atoms with E-state index in [0.717, 1.165) is 24.2 Å². The predicted octanol–water partition coefficient (Wildman–Crippen LogP) is 4.16. The number of hydrogen-bond donors (Lipinski definition) is 0. The summed E-state index contributed by atoms with van der Waals surface area (Å²) in [7, 11) is 1.62. The maximum atomic E-state index is 14.0. The number of carbonyl (C=O) groups excluding carboxylic acids is 1. The molecule has 0 spiro atoms. The standard InChI is InChI=1S/C22H26F2N2O2/c1-3-25(14-18-19(23)9-5-10-20(18)24)15-22(27)26-12-6-11-21(26)16-7-4-8-17(13-16)28-2/h4-5,7-10,13,21H,3,6,11-12,14-15H2,1-2H3. The molecule has 150 valence electrons. The van der Waals surface area contributed by atoms with E-state index in [1.54, 1.807) is 12.0 Å². The van der Waals surface area contributed by atoms with Crippen LogP contribution in [0.5, 0.6) is 5.75 Å². The van der Waals surface area contributed by atoms with Gasteiger partial charge >= 0.3 is 0 Å². The maximum absolute atomic E-state index is 14.0. The third-order valence-electron chi connectivity index (χ3n) is 5.30. The second kappa shape index (κ2) is 9.15. The van der Waals surface area contributed by atoms with E-state index >= 15 is 0 Å². The zero-order valence-electron chi connectivity index (χ0n) is 16.3. The summed E-state index contributed by atoms with van der Waals surface area (Å²) in [6.45, 7) is 3.29. The van der Waals surface area contributed by atoms with E-state index in [2.05, 4.69) is 0 Å². The quantitative estimate of drug-likeness (QED) is 0.714. The first-order valence-corrected chi connectivity index (χ1v) is 9.62. The number of hydrogen-bond acceptors (Lipinski definition) is 3. The highest BCUT2D eigenvalue weighted by atomic mass is 19.1. The minimum atomic E-state index is -0.582. The number of benzene rings is 2. The van der Waals surface area contributed by atoms with Crippen molar-refractivity contribution in [1.82, 2.24) is 9.80 Å². The molecule has 0 bridgehead atoms. The molecule has 0 aromatic heterocycles. The van der Waals surface area contributed by atoms with Gasteiger partial charge in [0.25, 0.3) is 0 Å². The molecule has 0 aliphatic carbocycles. The number of rotatable bonds is 7. The third-order valence-corrected chi connectivity index (χ3v) is 5.30. The molecular formula is C22H26F2N2O2. The largest absolute Gasteiger partial charge is 0.497 e. The molecule has 1 heterocycles. The number of ether oxygens (including phenoxy) is 1.